The van der Waals surface area contributed by atoms with E-state index in [1.807, 2.05) is 6.92 Å². The predicted octanol–water partition coefficient (Wildman–Crippen LogP) is 3.24. The number of halogens is 3. The van der Waals surface area contributed by atoms with Crippen LogP contribution in [-0.2, 0) is 12.0 Å². The number of imidazole rings is 1. The fourth-order valence-corrected chi connectivity index (χ4v) is 3.12. The smallest absolute Gasteiger partial charge is 0.318 e. The van der Waals surface area contributed by atoms with Gasteiger partial charge in [0.15, 0.2) is 0 Å². The highest BCUT2D eigenvalue weighted by Crippen LogP contribution is 2.34. The minimum absolute atomic E-state index is 0.359. The molecule has 1 unspecified atom stereocenters. The van der Waals surface area contributed by atoms with Gasteiger partial charge in [0.2, 0.25) is 0 Å². The highest BCUT2D eigenvalue weighted by atomic mass is 19.4. The molecule has 0 saturated carbocycles. The van der Waals surface area contributed by atoms with Gasteiger partial charge in [0.25, 0.3) is 0 Å². The molecule has 0 spiro atoms. The summed E-state index contributed by atoms with van der Waals surface area (Å²) in [6.07, 6.45) is -2.45. The van der Waals surface area contributed by atoms with E-state index in [-0.39, 0.29) is 5.41 Å². The fourth-order valence-electron chi connectivity index (χ4n) is 3.12. The summed E-state index contributed by atoms with van der Waals surface area (Å²) < 4.78 is 40.2. The van der Waals surface area contributed by atoms with Crippen molar-refractivity contribution in [3.05, 3.63) is 30.1 Å². The summed E-state index contributed by atoms with van der Waals surface area (Å²) in [5.74, 6) is 0.535. The van der Waals surface area contributed by atoms with E-state index in [4.69, 9.17) is 0 Å². The van der Waals surface area contributed by atoms with E-state index in [0.717, 1.165) is 19.4 Å². The Morgan fingerprint density at radius 3 is 2.76 bits per heavy atom. The summed E-state index contributed by atoms with van der Waals surface area (Å²) >= 11 is 0. The molecule has 21 heavy (non-hydrogen) atoms. The van der Waals surface area contributed by atoms with Crippen LogP contribution >= 0.6 is 0 Å². The molecule has 2 aromatic rings. The molecule has 0 bridgehead atoms. The number of hydrogen-bond donors (Lipinski definition) is 1. The second-order valence-corrected chi connectivity index (χ2v) is 5.97. The maximum atomic E-state index is 13.0. The number of alkyl halides is 3. The van der Waals surface area contributed by atoms with Gasteiger partial charge < -0.3 is 9.88 Å². The van der Waals surface area contributed by atoms with E-state index >= 15 is 0 Å². The molecule has 1 N–H and O–H groups in total. The van der Waals surface area contributed by atoms with Crippen LogP contribution in [0.4, 0.5) is 13.2 Å². The molecule has 1 saturated heterocycles. The molecule has 0 radical (unpaired) electrons. The van der Waals surface area contributed by atoms with Crippen molar-refractivity contribution < 1.29 is 13.2 Å². The molecule has 1 aromatic carbocycles. The van der Waals surface area contributed by atoms with Crippen molar-refractivity contribution in [1.82, 2.24) is 14.9 Å². The molecular weight excluding hydrogens is 279 g/mol. The Hall–Kier alpha value is -1.56. The molecule has 1 aromatic heterocycles. The van der Waals surface area contributed by atoms with E-state index in [9.17, 15) is 13.2 Å². The highest BCUT2D eigenvalue weighted by molar-refractivity contribution is 5.76. The van der Waals surface area contributed by atoms with Gasteiger partial charge >= 0.3 is 6.18 Å². The third-order valence-electron chi connectivity index (χ3n) is 4.13. The molecule has 0 aliphatic carbocycles. The summed E-state index contributed by atoms with van der Waals surface area (Å²) in [4.78, 5) is 4.52. The number of hydrogen-bond acceptors (Lipinski definition) is 2. The molecule has 3 rings (SSSR count). The SMILES string of the molecule is CC1(c2nc3ccccc3n2CC(F)(F)F)CCCNC1. The summed E-state index contributed by atoms with van der Waals surface area (Å²) in [6, 6.07) is 7.03. The van der Waals surface area contributed by atoms with Gasteiger partial charge in [0, 0.05) is 12.0 Å². The predicted molar refractivity (Wildman–Crippen MR) is 75.2 cm³/mol. The number of para-hydroxylation sites is 2. The van der Waals surface area contributed by atoms with Crippen molar-refractivity contribution >= 4 is 11.0 Å². The number of nitrogens with one attached hydrogen (secondary N) is 1. The molecule has 1 aliphatic rings. The Balaban J connectivity index is 2.14. The normalized spacial score (nSPS) is 23.6. The lowest BCUT2D eigenvalue weighted by molar-refractivity contribution is -0.140. The van der Waals surface area contributed by atoms with Crippen molar-refractivity contribution in [2.45, 2.75) is 37.9 Å². The van der Waals surface area contributed by atoms with E-state index in [0.29, 0.717) is 23.4 Å². The second-order valence-electron chi connectivity index (χ2n) is 5.97. The second kappa shape index (κ2) is 5.02. The summed E-state index contributed by atoms with van der Waals surface area (Å²) in [7, 11) is 0. The van der Waals surface area contributed by atoms with Gasteiger partial charge in [-0.2, -0.15) is 13.2 Å². The first-order valence-electron chi connectivity index (χ1n) is 7.12. The van der Waals surface area contributed by atoms with Gasteiger partial charge in [-0.3, -0.25) is 0 Å². The number of rotatable bonds is 2. The first kappa shape index (κ1) is 14.4. The summed E-state index contributed by atoms with van der Waals surface area (Å²) in [6.45, 7) is 2.58. The zero-order valence-electron chi connectivity index (χ0n) is 11.9. The van der Waals surface area contributed by atoms with Crippen molar-refractivity contribution in [2.75, 3.05) is 13.1 Å². The van der Waals surface area contributed by atoms with Crippen LogP contribution in [0.1, 0.15) is 25.6 Å². The van der Waals surface area contributed by atoms with Crippen LogP contribution in [0.5, 0.6) is 0 Å². The van der Waals surface area contributed by atoms with Gasteiger partial charge in [-0.1, -0.05) is 19.1 Å². The number of fused-ring (bicyclic) bond motifs is 1. The standard InChI is InChI=1S/C15H18F3N3/c1-14(7-4-8-19-9-14)13-20-11-5-2-3-6-12(11)21(13)10-15(16,17)18/h2-3,5-6,19H,4,7-10H2,1H3. The number of aromatic nitrogens is 2. The summed E-state index contributed by atoms with van der Waals surface area (Å²) in [5.41, 5.74) is 0.822. The van der Waals surface area contributed by atoms with Crippen LogP contribution in [0, 0.1) is 0 Å². The Morgan fingerprint density at radius 1 is 1.33 bits per heavy atom. The van der Waals surface area contributed by atoms with Crippen LogP contribution in [0.3, 0.4) is 0 Å². The molecule has 114 valence electrons. The lowest BCUT2D eigenvalue weighted by atomic mass is 9.82. The van der Waals surface area contributed by atoms with E-state index < -0.39 is 12.7 Å². The van der Waals surface area contributed by atoms with E-state index in [1.165, 1.54) is 4.57 Å². The zero-order valence-corrected chi connectivity index (χ0v) is 11.9. The van der Waals surface area contributed by atoms with Crippen LogP contribution in [0.25, 0.3) is 11.0 Å². The summed E-state index contributed by atoms with van der Waals surface area (Å²) in [5, 5.41) is 3.27. The minimum Gasteiger partial charge on any atom is -0.318 e. The van der Waals surface area contributed by atoms with Gasteiger partial charge in [-0.15, -0.1) is 0 Å². The van der Waals surface area contributed by atoms with Gasteiger partial charge in [0.1, 0.15) is 12.4 Å². The maximum absolute atomic E-state index is 13.0. The molecule has 0 amide bonds. The first-order valence-corrected chi connectivity index (χ1v) is 7.12. The Labute approximate surface area is 121 Å². The highest BCUT2D eigenvalue weighted by Gasteiger charge is 2.37. The molecule has 1 atom stereocenters. The maximum Gasteiger partial charge on any atom is 0.406 e. The Bertz CT molecular complexity index is 639. The largest absolute Gasteiger partial charge is 0.406 e. The molecule has 6 heteroatoms. The first-order chi connectivity index (χ1) is 9.89. The topological polar surface area (TPSA) is 29.9 Å². The van der Waals surface area contributed by atoms with Crippen LogP contribution in [0.2, 0.25) is 0 Å². The van der Waals surface area contributed by atoms with Gasteiger partial charge in [-0.25, -0.2) is 4.98 Å². The van der Waals surface area contributed by atoms with Crippen LogP contribution in [0.15, 0.2) is 24.3 Å². The van der Waals surface area contributed by atoms with E-state index in [2.05, 4.69) is 10.3 Å². The number of benzene rings is 1. The minimum atomic E-state index is -4.25. The average Bonchev–Trinajstić information content (AvgIpc) is 2.78. The van der Waals surface area contributed by atoms with Crippen LogP contribution < -0.4 is 5.32 Å². The third kappa shape index (κ3) is 2.77. The molecular formula is C15H18F3N3. The Kier molecular flexibility index (Phi) is 3.43. The van der Waals surface area contributed by atoms with E-state index in [1.54, 1.807) is 24.3 Å². The van der Waals surface area contributed by atoms with Gasteiger partial charge in [0.05, 0.1) is 11.0 Å². The van der Waals surface area contributed by atoms with Crippen molar-refractivity contribution in [2.24, 2.45) is 0 Å². The molecule has 3 nitrogen and oxygen atoms in total. The average molecular weight is 297 g/mol. The quantitative estimate of drug-likeness (QED) is 0.922. The van der Waals surface area contributed by atoms with Crippen molar-refractivity contribution in [1.29, 1.82) is 0 Å². The fraction of sp³-hybridized carbons (Fsp3) is 0.533. The zero-order chi connectivity index (χ0) is 15.1. The van der Waals surface area contributed by atoms with Crippen molar-refractivity contribution in [3.63, 3.8) is 0 Å². The molecule has 1 fully saturated rings. The molecule has 2 heterocycles. The lowest BCUT2D eigenvalue weighted by Gasteiger charge is -2.34. The number of piperidine rings is 1. The van der Waals surface area contributed by atoms with Crippen LogP contribution in [-0.4, -0.2) is 28.8 Å². The van der Waals surface area contributed by atoms with Gasteiger partial charge in [-0.05, 0) is 31.5 Å². The lowest BCUT2D eigenvalue weighted by Crippen LogP contribution is -2.43. The third-order valence-corrected chi connectivity index (χ3v) is 4.13. The Morgan fingerprint density at radius 2 is 2.10 bits per heavy atom. The molecule has 1 aliphatic heterocycles. The van der Waals surface area contributed by atoms with Crippen molar-refractivity contribution in [3.8, 4) is 0 Å². The number of nitrogens with zero attached hydrogens (tertiary/aromatic N) is 2. The monoisotopic (exact) mass is 297 g/mol.